The third-order valence-corrected chi connectivity index (χ3v) is 4.11. The van der Waals surface area contributed by atoms with Gasteiger partial charge in [-0.1, -0.05) is 0 Å². The lowest BCUT2D eigenvalue weighted by Crippen LogP contribution is -2.29. The summed E-state index contributed by atoms with van der Waals surface area (Å²) < 4.78 is 31.3. The van der Waals surface area contributed by atoms with E-state index >= 15 is 0 Å². The molecule has 7 heteroatoms. The summed E-state index contributed by atoms with van der Waals surface area (Å²) in [6.45, 7) is 3.27. The number of hydrogen-bond donors (Lipinski definition) is 1. The van der Waals surface area contributed by atoms with Crippen molar-refractivity contribution in [2.45, 2.75) is 20.0 Å². The summed E-state index contributed by atoms with van der Waals surface area (Å²) in [5.41, 5.74) is 0.843. The van der Waals surface area contributed by atoms with Crippen LogP contribution >= 0.6 is 11.3 Å². The Balaban J connectivity index is 1.92. The monoisotopic (exact) mass is 351 g/mol. The number of aryl methyl sites for hydroxylation is 1. The summed E-state index contributed by atoms with van der Waals surface area (Å²) in [5, 5.41) is 4.14. The highest BCUT2D eigenvalue weighted by molar-refractivity contribution is 7.11. The van der Waals surface area contributed by atoms with Crippen molar-refractivity contribution in [1.29, 1.82) is 0 Å². The highest BCUT2D eigenvalue weighted by atomic mass is 32.1. The molecule has 0 aliphatic rings. The Hall–Kier alpha value is -2.54. The molecule has 0 bridgehead atoms. The van der Waals surface area contributed by atoms with Crippen molar-refractivity contribution in [2.75, 3.05) is 5.32 Å². The van der Waals surface area contributed by atoms with Crippen molar-refractivity contribution in [1.82, 2.24) is 0 Å². The summed E-state index contributed by atoms with van der Waals surface area (Å²) in [6, 6.07) is 4.68. The van der Waals surface area contributed by atoms with Gasteiger partial charge in [0.25, 0.3) is 5.91 Å². The predicted molar refractivity (Wildman–Crippen MR) is 88.6 cm³/mol. The average Bonchev–Trinajstić information content (AvgIpc) is 2.93. The van der Waals surface area contributed by atoms with Gasteiger partial charge < -0.3 is 10.1 Å². The molecule has 1 atom stereocenters. The van der Waals surface area contributed by atoms with E-state index in [2.05, 4.69) is 5.32 Å². The van der Waals surface area contributed by atoms with Crippen LogP contribution in [0.2, 0.25) is 0 Å². The minimum Gasteiger partial charge on any atom is -0.449 e. The molecule has 0 aliphatic carbocycles. The summed E-state index contributed by atoms with van der Waals surface area (Å²) in [5.74, 6) is -3.06. The molecule has 126 valence electrons. The van der Waals surface area contributed by atoms with E-state index in [1.165, 1.54) is 24.3 Å². The van der Waals surface area contributed by atoms with Gasteiger partial charge in [0.05, 0.1) is 5.69 Å². The Kier molecular flexibility index (Phi) is 5.81. The second-order valence-corrected chi connectivity index (χ2v) is 5.94. The first-order valence-electron chi connectivity index (χ1n) is 7.05. The van der Waals surface area contributed by atoms with E-state index in [0.29, 0.717) is 6.07 Å². The lowest BCUT2D eigenvalue weighted by atomic mass is 10.2. The van der Waals surface area contributed by atoms with Crippen LogP contribution in [0.4, 0.5) is 14.5 Å². The maximum atomic E-state index is 13.5. The number of amides is 1. The molecule has 1 heterocycles. The zero-order chi connectivity index (χ0) is 17.7. The number of nitrogens with one attached hydrogen (secondary N) is 1. The van der Waals surface area contributed by atoms with E-state index in [1.54, 1.807) is 6.08 Å². The van der Waals surface area contributed by atoms with E-state index in [1.807, 2.05) is 18.4 Å². The first kappa shape index (κ1) is 17.8. The fraction of sp³-hybridized carbons (Fsp3) is 0.176. The zero-order valence-electron chi connectivity index (χ0n) is 13.0. The van der Waals surface area contributed by atoms with Crippen molar-refractivity contribution in [3.63, 3.8) is 0 Å². The Morgan fingerprint density at radius 2 is 2.04 bits per heavy atom. The van der Waals surface area contributed by atoms with Crippen molar-refractivity contribution < 1.29 is 23.1 Å². The Morgan fingerprint density at radius 1 is 1.29 bits per heavy atom. The third-order valence-electron chi connectivity index (χ3n) is 3.12. The fourth-order valence-electron chi connectivity index (χ4n) is 1.79. The normalized spacial score (nSPS) is 12.2. The van der Waals surface area contributed by atoms with E-state index in [0.717, 1.165) is 22.6 Å². The Bertz CT molecular complexity index is 786. The molecule has 1 N–H and O–H groups in total. The van der Waals surface area contributed by atoms with Crippen LogP contribution in [-0.4, -0.2) is 18.0 Å². The maximum Gasteiger partial charge on any atom is 0.331 e. The van der Waals surface area contributed by atoms with Gasteiger partial charge in [-0.25, -0.2) is 13.6 Å². The van der Waals surface area contributed by atoms with E-state index in [9.17, 15) is 18.4 Å². The lowest BCUT2D eigenvalue weighted by Gasteiger charge is -2.12. The summed E-state index contributed by atoms with van der Waals surface area (Å²) in [7, 11) is 0. The van der Waals surface area contributed by atoms with Gasteiger partial charge in [0.1, 0.15) is 11.6 Å². The molecule has 0 spiro atoms. The predicted octanol–water partition coefficient (Wildman–Crippen LogP) is 3.92. The second-order valence-electron chi connectivity index (χ2n) is 4.99. The van der Waals surface area contributed by atoms with Gasteiger partial charge in [-0.15, -0.1) is 11.3 Å². The van der Waals surface area contributed by atoms with Crippen LogP contribution in [0.25, 0.3) is 6.08 Å². The Labute approximate surface area is 141 Å². The van der Waals surface area contributed by atoms with E-state index in [-0.39, 0.29) is 5.69 Å². The van der Waals surface area contributed by atoms with E-state index < -0.39 is 29.6 Å². The quantitative estimate of drug-likeness (QED) is 0.656. The molecule has 0 fully saturated rings. The number of carbonyl (C=O) groups is 2. The summed E-state index contributed by atoms with van der Waals surface area (Å²) >= 11 is 1.48. The van der Waals surface area contributed by atoms with Crippen molar-refractivity contribution >= 4 is 35.0 Å². The number of benzene rings is 1. The highest BCUT2D eigenvalue weighted by Crippen LogP contribution is 2.17. The molecular formula is C17H15F2NO3S. The van der Waals surface area contributed by atoms with Crippen LogP contribution in [0, 0.1) is 18.6 Å². The number of halogens is 2. The summed E-state index contributed by atoms with van der Waals surface area (Å²) in [4.78, 5) is 24.5. The first-order valence-corrected chi connectivity index (χ1v) is 7.93. The van der Waals surface area contributed by atoms with Crippen molar-refractivity contribution in [2.24, 2.45) is 0 Å². The van der Waals surface area contributed by atoms with Crippen LogP contribution < -0.4 is 5.32 Å². The molecule has 4 nitrogen and oxygen atoms in total. The first-order chi connectivity index (χ1) is 11.4. The largest absolute Gasteiger partial charge is 0.449 e. The van der Waals surface area contributed by atoms with Crippen LogP contribution in [0.15, 0.2) is 35.7 Å². The lowest BCUT2D eigenvalue weighted by molar-refractivity contribution is -0.148. The van der Waals surface area contributed by atoms with Gasteiger partial charge in [0.2, 0.25) is 0 Å². The van der Waals surface area contributed by atoms with Crippen LogP contribution in [-0.2, 0) is 14.3 Å². The minimum absolute atomic E-state index is 0.186. The number of rotatable bonds is 5. The van der Waals surface area contributed by atoms with Crippen molar-refractivity contribution in [3.05, 3.63) is 57.8 Å². The van der Waals surface area contributed by atoms with E-state index in [4.69, 9.17) is 4.74 Å². The molecule has 1 aromatic carbocycles. The molecule has 2 aromatic rings. The number of thiophene rings is 1. The van der Waals surface area contributed by atoms with Crippen LogP contribution in [0.3, 0.4) is 0 Å². The maximum absolute atomic E-state index is 13.5. The van der Waals surface area contributed by atoms with Gasteiger partial charge in [0.15, 0.2) is 6.10 Å². The molecule has 2 rings (SSSR count). The molecule has 0 saturated carbocycles. The smallest absolute Gasteiger partial charge is 0.331 e. The molecule has 0 radical (unpaired) electrons. The van der Waals surface area contributed by atoms with Gasteiger partial charge in [0, 0.05) is 17.0 Å². The van der Waals surface area contributed by atoms with Gasteiger partial charge in [-0.3, -0.25) is 4.79 Å². The third kappa shape index (κ3) is 4.73. The Morgan fingerprint density at radius 3 is 2.67 bits per heavy atom. The van der Waals surface area contributed by atoms with Crippen LogP contribution in [0.1, 0.15) is 17.4 Å². The molecule has 1 aromatic heterocycles. The number of ether oxygens (including phenoxy) is 1. The minimum atomic E-state index is -1.13. The SMILES string of the molecule is Cc1ccsc1/C=C/C(=O)O[C@@H](C)C(=O)Nc1ccc(F)cc1F. The number of anilines is 1. The van der Waals surface area contributed by atoms with Gasteiger partial charge in [-0.2, -0.15) is 0 Å². The average molecular weight is 351 g/mol. The molecule has 0 saturated heterocycles. The topological polar surface area (TPSA) is 55.4 Å². The molecule has 0 aliphatic heterocycles. The zero-order valence-corrected chi connectivity index (χ0v) is 13.8. The number of carbonyl (C=O) groups excluding carboxylic acids is 2. The second kappa shape index (κ2) is 7.83. The van der Waals surface area contributed by atoms with Crippen LogP contribution in [0.5, 0.6) is 0 Å². The molecule has 0 unspecified atom stereocenters. The van der Waals surface area contributed by atoms with Gasteiger partial charge in [-0.05, 0) is 49.1 Å². The number of hydrogen-bond acceptors (Lipinski definition) is 4. The van der Waals surface area contributed by atoms with Gasteiger partial charge >= 0.3 is 5.97 Å². The number of esters is 1. The molecular weight excluding hydrogens is 336 g/mol. The fourth-order valence-corrected chi connectivity index (χ4v) is 2.61. The molecule has 1 amide bonds. The standard InChI is InChI=1S/C17H15F2NO3S/c1-10-7-8-24-15(10)5-6-16(21)23-11(2)17(22)20-14-4-3-12(18)9-13(14)19/h3-9,11H,1-2H3,(H,20,22)/b6-5+/t11-/m0/s1. The molecule has 24 heavy (non-hydrogen) atoms. The highest BCUT2D eigenvalue weighted by Gasteiger charge is 2.18. The summed E-state index contributed by atoms with van der Waals surface area (Å²) in [6.07, 6.45) is 1.70. The van der Waals surface area contributed by atoms with Crippen molar-refractivity contribution in [3.8, 4) is 0 Å².